The lowest BCUT2D eigenvalue weighted by Gasteiger charge is -2.29. The third kappa shape index (κ3) is 5.63. The summed E-state index contributed by atoms with van der Waals surface area (Å²) in [5.41, 5.74) is 0.943. The van der Waals surface area contributed by atoms with Crippen LogP contribution in [0.15, 0.2) is 30.3 Å². The number of hydrogen-bond acceptors (Lipinski definition) is 5. The van der Waals surface area contributed by atoms with Gasteiger partial charge in [-0.1, -0.05) is 30.3 Å². The number of β-amino-alcohol motifs (C(OH)–C–C–N with tert-alkyl or cyclic N) is 1. The van der Waals surface area contributed by atoms with E-state index in [4.69, 9.17) is 9.47 Å². The highest BCUT2D eigenvalue weighted by Gasteiger charge is 2.19. The van der Waals surface area contributed by atoms with E-state index in [0.717, 1.165) is 18.7 Å². The zero-order valence-corrected chi connectivity index (χ0v) is 13.0. The van der Waals surface area contributed by atoms with Crippen LogP contribution >= 0.6 is 0 Å². The van der Waals surface area contributed by atoms with E-state index in [-0.39, 0.29) is 13.2 Å². The Hall–Kier alpha value is -1.63. The predicted octanol–water partition coefficient (Wildman–Crippen LogP) is 0.948. The molecule has 1 fully saturated rings. The van der Waals surface area contributed by atoms with Crippen LogP contribution in [-0.2, 0) is 16.1 Å². The number of nitrogens with zero attached hydrogens (tertiary/aromatic N) is 2. The van der Waals surface area contributed by atoms with Gasteiger partial charge in [-0.05, 0) is 5.56 Å². The van der Waals surface area contributed by atoms with Crippen LogP contribution in [0, 0.1) is 0 Å². The van der Waals surface area contributed by atoms with Crippen molar-refractivity contribution in [3.63, 3.8) is 0 Å². The normalized spacial score (nSPS) is 17.0. The SMILES string of the molecule is CN(CC(O)CN1CCOCC1)C(=O)OCc1ccccc1. The molecule has 1 aliphatic rings. The largest absolute Gasteiger partial charge is 0.445 e. The Bertz CT molecular complexity index is 449. The lowest BCUT2D eigenvalue weighted by Crippen LogP contribution is -2.45. The summed E-state index contributed by atoms with van der Waals surface area (Å²) in [5.74, 6) is 0. The van der Waals surface area contributed by atoms with E-state index in [0.29, 0.717) is 19.8 Å². The minimum Gasteiger partial charge on any atom is -0.445 e. The molecule has 1 N–H and O–H groups in total. The number of amides is 1. The average molecular weight is 308 g/mol. The van der Waals surface area contributed by atoms with Gasteiger partial charge in [-0.3, -0.25) is 4.90 Å². The number of hydrogen-bond donors (Lipinski definition) is 1. The third-order valence-electron chi connectivity index (χ3n) is 3.57. The number of morpholine rings is 1. The van der Waals surface area contributed by atoms with Crippen LogP contribution in [0.1, 0.15) is 5.56 Å². The maximum Gasteiger partial charge on any atom is 0.409 e. The van der Waals surface area contributed by atoms with Crippen molar-refractivity contribution in [3.8, 4) is 0 Å². The smallest absolute Gasteiger partial charge is 0.409 e. The Labute approximate surface area is 131 Å². The van der Waals surface area contributed by atoms with Gasteiger partial charge in [-0.2, -0.15) is 0 Å². The molecule has 122 valence electrons. The molecule has 1 amide bonds. The average Bonchev–Trinajstić information content (AvgIpc) is 2.54. The van der Waals surface area contributed by atoms with Crippen LogP contribution in [0.3, 0.4) is 0 Å². The summed E-state index contributed by atoms with van der Waals surface area (Å²) in [4.78, 5) is 15.5. The van der Waals surface area contributed by atoms with Gasteiger partial charge in [0.1, 0.15) is 6.61 Å². The fourth-order valence-corrected chi connectivity index (χ4v) is 2.36. The van der Waals surface area contributed by atoms with Gasteiger partial charge in [0, 0.05) is 26.7 Å². The number of carbonyl (C=O) groups is 1. The first-order chi connectivity index (χ1) is 10.6. The molecule has 1 atom stereocenters. The summed E-state index contributed by atoms with van der Waals surface area (Å²) >= 11 is 0. The van der Waals surface area contributed by atoms with Gasteiger partial charge in [-0.15, -0.1) is 0 Å². The number of carbonyl (C=O) groups excluding carboxylic acids is 1. The Morgan fingerprint density at radius 1 is 1.36 bits per heavy atom. The molecule has 0 bridgehead atoms. The topological polar surface area (TPSA) is 62.2 Å². The van der Waals surface area contributed by atoms with Gasteiger partial charge in [0.25, 0.3) is 0 Å². The second kappa shape index (κ2) is 8.73. The Balaban J connectivity index is 1.68. The number of benzene rings is 1. The molecule has 1 heterocycles. The van der Waals surface area contributed by atoms with Crippen molar-refractivity contribution in [3.05, 3.63) is 35.9 Å². The Kier molecular flexibility index (Phi) is 6.64. The summed E-state index contributed by atoms with van der Waals surface area (Å²) in [5, 5.41) is 10.1. The van der Waals surface area contributed by atoms with Crippen LogP contribution in [-0.4, -0.2) is 73.5 Å². The molecule has 0 saturated carbocycles. The lowest BCUT2D eigenvalue weighted by atomic mass is 10.2. The minimum atomic E-state index is -0.590. The standard InChI is InChI=1S/C16H24N2O4/c1-17(11-15(19)12-18-7-9-21-10-8-18)16(20)22-13-14-5-3-2-4-6-14/h2-6,15,19H,7-13H2,1H3. The highest BCUT2D eigenvalue weighted by molar-refractivity contribution is 5.67. The molecule has 6 heteroatoms. The van der Waals surface area contributed by atoms with Gasteiger partial charge in [0.15, 0.2) is 0 Å². The molecule has 6 nitrogen and oxygen atoms in total. The fourth-order valence-electron chi connectivity index (χ4n) is 2.36. The van der Waals surface area contributed by atoms with E-state index in [9.17, 15) is 9.90 Å². The maximum absolute atomic E-state index is 11.9. The van der Waals surface area contributed by atoms with Crippen molar-refractivity contribution in [1.29, 1.82) is 0 Å². The van der Waals surface area contributed by atoms with Crippen molar-refractivity contribution >= 4 is 6.09 Å². The monoisotopic (exact) mass is 308 g/mol. The van der Waals surface area contributed by atoms with Gasteiger partial charge in [0.05, 0.1) is 25.9 Å². The first-order valence-electron chi connectivity index (χ1n) is 7.55. The molecule has 22 heavy (non-hydrogen) atoms. The highest BCUT2D eigenvalue weighted by Crippen LogP contribution is 2.04. The summed E-state index contributed by atoms with van der Waals surface area (Å²) in [7, 11) is 1.63. The number of aliphatic hydroxyl groups is 1. The van der Waals surface area contributed by atoms with Crippen LogP contribution in [0.25, 0.3) is 0 Å². The number of aliphatic hydroxyl groups excluding tert-OH is 1. The summed E-state index contributed by atoms with van der Waals surface area (Å²) in [6.07, 6.45) is -1.02. The van der Waals surface area contributed by atoms with Gasteiger partial charge >= 0.3 is 6.09 Å². The molecular weight excluding hydrogens is 284 g/mol. The molecule has 1 saturated heterocycles. The lowest BCUT2D eigenvalue weighted by molar-refractivity contribution is 0.00762. The number of likely N-dealkylation sites (N-methyl/N-ethyl adjacent to an activating group) is 1. The van der Waals surface area contributed by atoms with E-state index in [2.05, 4.69) is 4.90 Å². The first-order valence-corrected chi connectivity index (χ1v) is 7.55. The molecule has 0 aliphatic carbocycles. The molecule has 1 unspecified atom stereocenters. The van der Waals surface area contributed by atoms with Crippen LogP contribution in [0.4, 0.5) is 4.79 Å². The van der Waals surface area contributed by atoms with Crippen molar-refractivity contribution in [1.82, 2.24) is 9.80 Å². The molecule has 1 aliphatic heterocycles. The summed E-state index contributed by atoms with van der Waals surface area (Å²) in [6.45, 7) is 4.07. The van der Waals surface area contributed by atoms with E-state index in [1.54, 1.807) is 7.05 Å². The molecule has 0 spiro atoms. The van der Waals surface area contributed by atoms with E-state index in [1.807, 2.05) is 30.3 Å². The molecule has 1 aromatic rings. The van der Waals surface area contributed by atoms with Crippen molar-refractivity contribution in [2.45, 2.75) is 12.7 Å². The van der Waals surface area contributed by atoms with Crippen LogP contribution in [0.5, 0.6) is 0 Å². The Morgan fingerprint density at radius 3 is 2.73 bits per heavy atom. The van der Waals surface area contributed by atoms with Gasteiger partial charge in [0.2, 0.25) is 0 Å². The Morgan fingerprint density at radius 2 is 2.05 bits per heavy atom. The summed E-state index contributed by atoms with van der Waals surface area (Å²) < 4.78 is 10.5. The third-order valence-corrected chi connectivity index (χ3v) is 3.57. The number of rotatable bonds is 6. The van der Waals surface area contributed by atoms with Crippen molar-refractivity contribution < 1.29 is 19.4 Å². The highest BCUT2D eigenvalue weighted by atomic mass is 16.6. The zero-order chi connectivity index (χ0) is 15.8. The number of ether oxygens (including phenoxy) is 2. The van der Waals surface area contributed by atoms with Gasteiger partial charge < -0.3 is 19.5 Å². The molecular formula is C16H24N2O4. The minimum absolute atomic E-state index is 0.240. The first kappa shape index (κ1) is 16.7. The van der Waals surface area contributed by atoms with Crippen LogP contribution < -0.4 is 0 Å². The quantitative estimate of drug-likeness (QED) is 0.848. The van der Waals surface area contributed by atoms with E-state index < -0.39 is 12.2 Å². The maximum atomic E-state index is 11.9. The van der Waals surface area contributed by atoms with Gasteiger partial charge in [-0.25, -0.2) is 4.79 Å². The second-order valence-corrected chi connectivity index (χ2v) is 5.49. The van der Waals surface area contributed by atoms with Crippen molar-refractivity contribution in [2.24, 2.45) is 0 Å². The fraction of sp³-hybridized carbons (Fsp3) is 0.562. The van der Waals surface area contributed by atoms with E-state index >= 15 is 0 Å². The van der Waals surface area contributed by atoms with Crippen LogP contribution in [0.2, 0.25) is 0 Å². The second-order valence-electron chi connectivity index (χ2n) is 5.49. The predicted molar refractivity (Wildman–Crippen MR) is 82.5 cm³/mol. The molecule has 0 radical (unpaired) electrons. The molecule has 0 aromatic heterocycles. The van der Waals surface area contributed by atoms with E-state index in [1.165, 1.54) is 4.90 Å². The zero-order valence-electron chi connectivity index (χ0n) is 13.0. The molecule has 2 rings (SSSR count). The summed E-state index contributed by atoms with van der Waals surface area (Å²) in [6, 6.07) is 9.53. The molecule has 1 aromatic carbocycles. The van der Waals surface area contributed by atoms with Crippen molar-refractivity contribution in [2.75, 3.05) is 46.4 Å².